The predicted molar refractivity (Wildman–Crippen MR) is 216 cm³/mol. The summed E-state index contributed by atoms with van der Waals surface area (Å²) in [7, 11) is 2.76. The van der Waals surface area contributed by atoms with Crippen molar-refractivity contribution < 1.29 is 33.3 Å². The molecule has 3 aliphatic rings. The van der Waals surface area contributed by atoms with Crippen molar-refractivity contribution in [2.75, 3.05) is 33.9 Å². The Bertz CT molecular complexity index is 2350. The van der Waals surface area contributed by atoms with Crippen LogP contribution in [0.1, 0.15) is 67.5 Å². The monoisotopic (exact) mass is 827 g/mol. The molecule has 8 rings (SSSR count). The van der Waals surface area contributed by atoms with Crippen LogP contribution in [0.2, 0.25) is 10.3 Å². The van der Waals surface area contributed by atoms with Gasteiger partial charge in [0.15, 0.2) is 10.3 Å². The summed E-state index contributed by atoms with van der Waals surface area (Å²) in [6.45, 7) is 5.81. The summed E-state index contributed by atoms with van der Waals surface area (Å²) >= 11 is 13.6. The van der Waals surface area contributed by atoms with Gasteiger partial charge in [0.2, 0.25) is 5.91 Å². The average Bonchev–Trinajstić information content (AvgIpc) is 3.94. The van der Waals surface area contributed by atoms with Crippen LogP contribution in [0.25, 0.3) is 33.6 Å². The number of carbonyl (C=O) groups is 3. The van der Waals surface area contributed by atoms with Crippen LogP contribution < -0.4 is 14.8 Å². The molecule has 3 aliphatic heterocycles. The number of imidazole rings is 2. The number of aromatic amines is 2. The lowest BCUT2D eigenvalue weighted by molar-refractivity contribution is -0.138. The molecular formula is C42H43Cl2N7O7. The quantitative estimate of drug-likeness (QED) is 0.115. The molecule has 2 atom stereocenters. The normalized spacial score (nSPS) is 16.9. The zero-order valence-electron chi connectivity index (χ0n) is 32.5. The lowest BCUT2D eigenvalue weighted by atomic mass is 9.87. The lowest BCUT2D eigenvalue weighted by Crippen LogP contribution is -2.49. The van der Waals surface area contributed by atoms with Gasteiger partial charge in [-0.2, -0.15) is 0 Å². The Morgan fingerprint density at radius 3 is 2.21 bits per heavy atom. The highest BCUT2D eigenvalue weighted by Gasteiger charge is 2.46. The van der Waals surface area contributed by atoms with Gasteiger partial charge in [0.05, 0.1) is 30.6 Å². The summed E-state index contributed by atoms with van der Waals surface area (Å²) in [5, 5.41) is 3.26. The standard InChI is InChI=1S/C42H43Cl2N7O7/c1-5-13-50(31(52)22-55-3)19-30-45-34(37(43)46-30)24-15-26-20-58-29-18-25(16-27-21-57-28(17-24)32(26)33(27)29)35-38(44)49-40(47-35)42(2)12-9-14-51(42)39(53)36(48-41(54)56-4)23-10-7-6-8-11-23/h6-8,10-11,15-18,36H,5,9,12-14,19-22H2,1-4H3,(H,45,46)(H,47,49)(H,48,54)/t36-,42+/m1/s1. The maximum absolute atomic E-state index is 14.2. The molecule has 5 aromatic rings. The highest BCUT2D eigenvalue weighted by Crippen LogP contribution is 2.51. The number of halogens is 2. The number of benzene rings is 3. The molecule has 0 aliphatic carbocycles. The molecule has 0 saturated carbocycles. The summed E-state index contributed by atoms with van der Waals surface area (Å²) in [4.78, 5) is 58.8. The molecule has 14 nitrogen and oxygen atoms in total. The molecule has 1 fully saturated rings. The van der Waals surface area contributed by atoms with Crippen LogP contribution in [0, 0.1) is 0 Å². The topological polar surface area (TPSA) is 164 Å². The third kappa shape index (κ3) is 7.13. The molecule has 3 N–H and O–H groups in total. The van der Waals surface area contributed by atoms with E-state index in [1.807, 2.05) is 56.3 Å². The Labute approximate surface area is 345 Å². The van der Waals surface area contributed by atoms with Crippen molar-refractivity contribution in [1.29, 1.82) is 0 Å². The van der Waals surface area contributed by atoms with E-state index < -0.39 is 17.7 Å². The van der Waals surface area contributed by atoms with Gasteiger partial charge >= 0.3 is 6.09 Å². The fraction of sp³-hybridized carbons (Fsp3) is 0.357. The van der Waals surface area contributed by atoms with Crippen molar-refractivity contribution in [2.24, 2.45) is 0 Å². The zero-order chi connectivity index (χ0) is 40.7. The van der Waals surface area contributed by atoms with Crippen molar-refractivity contribution in [3.05, 3.63) is 93.2 Å². The van der Waals surface area contributed by atoms with Crippen LogP contribution in [-0.4, -0.2) is 81.6 Å². The first-order chi connectivity index (χ1) is 28.0. The van der Waals surface area contributed by atoms with Crippen molar-refractivity contribution in [2.45, 2.75) is 64.4 Å². The van der Waals surface area contributed by atoms with Gasteiger partial charge in [-0.15, -0.1) is 0 Å². The Morgan fingerprint density at radius 1 is 0.948 bits per heavy atom. The molecule has 302 valence electrons. The molecule has 3 aromatic carbocycles. The minimum absolute atomic E-state index is 0.0109. The third-order valence-corrected chi connectivity index (χ3v) is 11.6. The van der Waals surface area contributed by atoms with Crippen molar-refractivity contribution in [1.82, 2.24) is 35.1 Å². The number of H-pyrrole nitrogens is 2. The number of rotatable bonds is 12. The molecule has 1 saturated heterocycles. The molecule has 2 aromatic heterocycles. The summed E-state index contributed by atoms with van der Waals surface area (Å²) in [5.41, 5.74) is 6.30. The minimum Gasteiger partial charge on any atom is -0.488 e. The second kappa shape index (κ2) is 16.0. The van der Waals surface area contributed by atoms with Crippen LogP contribution >= 0.6 is 23.2 Å². The third-order valence-electron chi connectivity index (χ3n) is 11.0. The van der Waals surface area contributed by atoms with E-state index in [2.05, 4.69) is 20.3 Å². The highest BCUT2D eigenvalue weighted by atomic mass is 35.5. The highest BCUT2D eigenvalue weighted by molar-refractivity contribution is 6.32. The zero-order valence-corrected chi connectivity index (χ0v) is 34.1. The maximum atomic E-state index is 14.2. The summed E-state index contributed by atoms with van der Waals surface area (Å²) in [5.74, 6) is 2.08. The fourth-order valence-electron chi connectivity index (χ4n) is 8.22. The molecular weight excluding hydrogens is 785 g/mol. The van der Waals surface area contributed by atoms with Gasteiger partial charge in [0.25, 0.3) is 5.91 Å². The van der Waals surface area contributed by atoms with Crippen LogP contribution in [-0.2, 0) is 44.4 Å². The number of ether oxygens (including phenoxy) is 4. The van der Waals surface area contributed by atoms with Crippen LogP contribution in [0.4, 0.5) is 4.79 Å². The largest absolute Gasteiger partial charge is 0.488 e. The van der Waals surface area contributed by atoms with E-state index >= 15 is 0 Å². The van der Waals surface area contributed by atoms with E-state index in [0.717, 1.165) is 46.2 Å². The Morgan fingerprint density at radius 2 is 1.59 bits per heavy atom. The fourth-order valence-corrected chi connectivity index (χ4v) is 8.72. The van der Waals surface area contributed by atoms with Crippen molar-refractivity contribution >= 4 is 41.1 Å². The molecule has 5 heterocycles. The number of amides is 3. The number of nitrogens with zero attached hydrogens (tertiary/aromatic N) is 4. The van der Waals surface area contributed by atoms with Gasteiger partial charge in [0, 0.05) is 53.6 Å². The molecule has 58 heavy (non-hydrogen) atoms. The first-order valence-corrected chi connectivity index (χ1v) is 19.9. The van der Waals surface area contributed by atoms with E-state index in [-0.39, 0.29) is 43.3 Å². The van der Waals surface area contributed by atoms with Crippen molar-refractivity contribution in [3.63, 3.8) is 0 Å². The molecule has 0 bridgehead atoms. The summed E-state index contributed by atoms with van der Waals surface area (Å²) in [6.07, 6.45) is 1.45. The van der Waals surface area contributed by atoms with Gasteiger partial charge in [-0.3, -0.25) is 9.59 Å². The maximum Gasteiger partial charge on any atom is 0.407 e. The number of hydrogen-bond donors (Lipinski definition) is 3. The van der Waals surface area contributed by atoms with Crippen molar-refractivity contribution in [3.8, 4) is 45.1 Å². The SMILES string of the molecule is CCCN(Cc1nc(Cl)c(-c2cc3c4c(c2)OCc2cc(-c5[nH]c([C@]6(C)CCCN6C(=O)[C@H](NC(=O)OC)c6ccccc6)nc5Cl)cc(c2-4)OC3)[nH]1)C(=O)COC. The Balaban J connectivity index is 1.07. The van der Waals surface area contributed by atoms with E-state index in [1.54, 1.807) is 21.9 Å². The Kier molecular flexibility index (Phi) is 10.8. The molecule has 0 unspecified atom stereocenters. The number of methoxy groups -OCH3 is 2. The second-order valence-corrected chi connectivity index (χ2v) is 15.5. The smallest absolute Gasteiger partial charge is 0.407 e. The van der Waals surface area contributed by atoms with Gasteiger partial charge < -0.3 is 44.0 Å². The van der Waals surface area contributed by atoms with Crippen LogP contribution in [0.15, 0.2) is 54.6 Å². The first-order valence-electron chi connectivity index (χ1n) is 19.1. The second-order valence-electron chi connectivity index (χ2n) is 14.8. The average molecular weight is 829 g/mol. The minimum atomic E-state index is -0.959. The molecule has 0 spiro atoms. The van der Waals surface area contributed by atoms with Gasteiger partial charge in [-0.1, -0.05) is 60.5 Å². The van der Waals surface area contributed by atoms with Crippen LogP contribution in [0.5, 0.6) is 11.5 Å². The predicted octanol–water partition coefficient (Wildman–Crippen LogP) is 7.55. The van der Waals surface area contributed by atoms with E-state index in [4.69, 9.17) is 47.1 Å². The molecule has 0 radical (unpaired) electrons. The Hall–Kier alpha value is -5.57. The van der Waals surface area contributed by atoms with Gasteiger partial charge in [-0.05, 0) is 56.0 Å². The van der Waals surface area contributed by atoms with Crippen LogP contribution in [0.3, 0.4) is 0 Å². The number of carbonyl (C=O) groups excluding carboxylic acids is 3. The number of aromatic nitrogens is 4. The van der Waals surface area contributed by atoms with Gasteiger partial charge in [-0.25, -0.2) is 14.8 Å². The van der Waals surface area contributed by atoms with E-state index in [0.29, 0.717) is 64.8 Å². The lowest BCUT2D eigenvalue weighted by Gasteiger charge is -2.36. The number of alkyl carbamates (subject to hydrolysis) is 1. The number of hydrogen-bond acceptors (Lipinski definition) is 9. The van der Waals surface area contributed by atoms with Gasteiger partial charge in [0.1, 0.15) is 49.0 Å². The molecule has 16 heteroatoms. The summed E-state index contributed by atoms with van der Waals surface area (Å²) < 4.78 is 22.7. The molecule has 3 amide bonds. The van der Waals surface area contributed by atoms with E-state index in [9.17, 15) is 14.4 Å². The first kappa shape index (κ1) is 39.3. The van der Waals surface area contributed by atoms with E-state index in [1.165, 1.54) is 14.2 Å². The number of likely N-dealkylation sites (tertiary alicyclic amines) is 1. The number of nitrogens with one attached hydrogen (secondary N) is 3. The summed E-state index contributed by atoms with van der Waals surface area (Å²) in [6, 6.07) is 16.1.